The second kappa shape index (κ2) is 9.90. The average molecular weight is 449 g/mol. The van der Waals surface area contributed by atoms with Crippen molar-refractivity contribution < 1.29 is 24.2 Å². The van der Waals surface area contributed by atoms with Crippen LogP contribution in [0, 0.1) is 5.41 Å². The van der Waals surface area contributed by atoms with E-state index in [0.717, 1.165) is 30.0 Å². The molecule has 2 aromatic carbocycles. The average Bonchev–Trinajstić information content (AvgIpc) is 3.43. The number of carboxylic acid groups (broad SMARTS) is 1. The topological polar surface area (TPSA) is 105 Å². The molecule has 0 heterocycles. The number of hydrogen-bond acceptors (Lipinski definition) is 4. The molecule has 0 saturated heterocycles. The molecule has 2 amide bonds. The van der Waals surface area contributed by atoms with Crippen LogP contribution in [0.15, 0.2) is 60.7 Å². The molecule has 0 unspecified atom stereocenters. The predicted molar refractivity (Wildman–Crippen MR) is 124 cm³/mol. The van der Waals surface area contributed by atoms with Crippen LogP contribution in [0.4, 0.5) is 4.79 Å². The Bertz CT molecular complexity index is 1030. The number of carbonyl (C=O) groups is 3. The van der Waals surface area contributed by atoms with Crippen LogP contribution in [0.2, 0.25) is 0 Å². The first-order chi connectivity index (χ1) is 16.0. The second-order valence-electron chi connectivity index (χ2n) is 8.62. The number of carbonyl (C=O) groups excluding carboxylic acids is 2. The molecule has 2 aromatic rings. The summed E-state index contributed by atoms with van der Waals surface area (Å²) in [6, 6.07) is 16.3. The number of ether oxygens (including phenoxy) is 1. The summed E-state index contributed by atoms with van der Waals surface area (Å²) in [5.41, 5.74) is 3.93. The highest BCUT2D eigenvalue weighted by atomic mass is 16.5. The van der Waals surface area contributed by atoms with E-state index >= 15 is 0 Å². The van der Waals surface area contributed by atoms with Crippen LogP contribution in [0.25, 0.3) is 11.1 Å². The summed E-state index contributed by atoms with van der Waals surface area (Å²) in [5, 5.41) is 14.2. The minimum Gasteiger partial charge on any atom is -0.478 e. The maximum Gasteiger partial charge on any atom is 0.407 e. The number of aliphatic carboxylic acids is 1. The van der Waals surface area contributed by atoms with Gasteiger partial charge < -0.3 is 20.5 Å². The lowest BCUT2D eigenvalue weighted by Crippen LogP contribution is -2.47. The van der Waals surface area contributed by atoms with E-state index in [-0.39, 0.29) is 31.5 Å². The Morgan fingerprint density at radius 1 is 0.970 bits per heavy atom. The lowest BCUT2D eigenvalue weighted by Gasteiger charge is -2.27. The fraction of sp³-hybridized carbons (Fsp3) is 0.346. The van der Waals surface area contributed by atoms with Crippen molar-refractivity contribution in [3.8, 4) is 11.1 Å². The number of rotatable bonds is 8. The number of carboxylic acids is 1. The lowest BCUT2D eigenvalue weighted by atomic mass is 9.85. The summed E-state index contributed by atoms with van der Waals surface area (Å²) in [6.45, 7) is 0.551. The molecule has 0 atom stereocenters. The Balaban J connectivity index is 1.34. The monoisotopic (exact) mass is 448 g/mol. The van der Waals surface area contributed by atoms with Crippen molar-refractivity contribution in [1.29, 1.82) is 0 Å². The minimum atomic E-state index is -1.06. The molecule has 0 aliphatic heterocycles. The Hall–Kier alpha value is -3.61. The minimum absolute atomic E-state index is 0.0205. The smallest absolute Gasteiger partial charge is 0.407 e. The van der Waals surface area contributed by atoms with Gasteiger partial charge in [0.2, 0.25) is 5.91 Å². The van der Waals surface area contributed by atoms with Gasteiger partial charge in [0.15, 0.2) is 0 Å². The number of hydrogen-bond donors (Lipinski definition) is 3. The third-order valence-corrected chi connectivity index (χ3v) is 6.60. The van der Waals surface area contributed by atoms with Crippen LogP contribution in [-0.4, -0.2) is 42.8 Å². The Labute approximate surface area is 192 Å². The van der Waals surface area contributed by atoms with Gasteiger partial charge in [-0.1, -0.05) is 67.4 Å². The molecule has 2 aliphatic rings. The molecular weight excluding hydrogens is 420 g/mol. The Morgan fingerprint density at radius 2 is 1.58 bits per heavy atom. The van der Waals surface area contributed by atoms with Gasteiger partial charge in [-0.3, -0.25) is 4.79 Å². The molecule has 7 heteroatoms. The summed E-state index contributed by atoms with van der Waals surface area (Å²) in [5.74, 6) is -1.25. The molecular formula is C26H28N2O5. The zero-order chi connectivity index (χ0) is 23.3. The first-order valence-corrected chi connectivity index (χ1v) is 11.3. The molecule has 0 aromatic heterocycles. The SMILES string of the molecule is O=C(O)/C=C/CNC(=O)C1(CNC(=O)OCC2c3ccccc3-c3ccccc32)CCCC1. The van der Waals surface area contributed by atoms with Gasteiger partial charge in [0.1, 0.15) is 6.61 Å². The molecule has 172 valence electrons. The van der Waals surface area contributed by atoms with Gasteiger partial charge in [-0.05, 0) is 35.1 Å². The fourth-order valence-electron chi connectivity index (χ4n) is 4.93. The second-order valence-corrected chi connectivity index (χ2v) is 8.62. The molecule has 33 heavy (non-hydrogen) atoms. The molecule has 0 radical (unpaired) electrons. The van der Waals surface area contributed by atoms with Crippen LogP contribution in [-0.2, 0) is 14.3 Å². The van der Waals surface area contributed by atoms with Crippen molar-refractivity contribution in [3.05, 3.63) is 71.8 Å². The predicted octanol–water partition coefficient (Wildman–Crippen LogP) is 3.84. The largest absolute Gasteiger partial charge is 0.478 e. The molecule has 1 fully saturated rings. The van der Waals surface area contributed by atoms with E-state index in [4.69, 9.17) is 9.84 Å². The molecule has 4 rings (SSSR count). The number of fused-ring (bicyclic) bond motifs is 3. The van der Waals surface area contributed by atoms with E-state index in [1.54, 1.807) is 0 Å². The quantitative estimate of drug-likeness (QED) is 0.532. The molecule has 0 bridgehead atoms. The van der Waals surface area contributed by atoms with E-state index in [9.17, 15) is 14.4 Å². The van der Waals surface area contributed by atoms with Crippen molar-refractivity contribution in [2.75, 3.05) is 19.7 Å². The van der Waals surface area contributed by atoms with Crippen LogP contribution < -0.4 is 10.6 Å². The summed E-state index contributed by atoms with van der Waals surface area (Å²) >= 11 is 0. The normalized spacial score (nSPS) is 16.2. The molecule has 2 aliphatic carbocycles. The lowest BCUT2D eigenvalue weighted by molar-refractivity contribution is -0.132. The van der Waals surface area contributed by atoms with Gasteiger partial charge in [0, 0.05) is 25.1 Å². The standard InChI is InChI=1S/C26H28N2O5/c29-23(30)12-7-15-27-24(31)26(13-5-6-14-26)17-28-25(32)33-16-22-20-10-3-1-8-18(20)19-9-2-4-11-21(19)22/h1-4,7-12,22H,5-6,13-17H2,(H,27,31)(H,28,32)(H,29,30)/b12-7+. The maximum absolute atomic E-state index is 12.8. The first-order valence-electron chi connectivity index (χ1n) is 11.3. The summed E-state index contributed by atoms with van der Waals surface area (Å²) < 4.78 is 5.59. The van der Waals surface area contributed by atoms with Crippen molar-refractivity contribution in [1.82, 2.24) is 10.6 Å². The summed E-state index contributed by atoms with van der Waals surface area (Å²) in [4.78, 5) is 35.9. The van der Waals surface area contributed by atoms with E-state index in [2.05, 4.69) is 34.9 Å². The van der Waals surface area contributed by atoms with Gasteiger partial charge in [0.25, 0.3) is 0 Å². The van der Waals surface area contributed by atoms with Crippen LogP contribution in [0.5, 0.6) is 0 Å². The Kier molecular flexibility index (Phi) is 6.77. The van der Waals surface area contributed by atoms with Gasteiger partial charge in [-0.2, -0.15) is 0 Å². The van der Waals surface area contributed by atoms with Crippen LogP contribution in [0.3, 0.4) is 0 Å². The van der Waals surface area contributed by atoms with Crippen molar-refractivity contribution in [3.63, 3.8) is 0 Å². The fourth-order valence-corrected chi connectivity index (χ4v) is 4.93. The number of amides is 2. The number of benzene rings is 2. The molecule has 7 nitrogen and oxygen atoms in total. The van der Waals surface area contributed by atoms with Gasteiger partial charge >= 0.3 is 12.1 Å². The van der Waals surface area contributed by atoms with E-state index in [0.29, 0.717) is 12.8 Å². The third-order valence-electron chi connectivity index (χ3n) is 6.60. The van der Waals surface area contributed by atoms with Crippen molar-refractivity contribution in [2.45, 2.75) is 31.6 Å². The first kappa shape index (κ1) is 22.6. The van der Waals surface area contributed by atoms with E-state index in [1.165, 1.54) is 17.2 Å². The van der Waals surface area contributed by atoms with E-state index in [1.807, 2.05) is 24.3 Å². The summed E-state index contributed by atoms with van der Waals surface area (Å²) in [6.07, 6.45) is 5.01. The highest BCUT2D eigenvalue weighted by Gasteiger charge is 2.41. The zero-order valence-corrected chi connectivity index (χ0v) is 18.4. The van der Waals surface area contributed by atoms with Crippen molar-refractivity contribution in [2.24, 2.45) is 5.41 Å². The number of alkyl carbamates (subject to hydrolysis) is 1. The van der Waals surface area contributed by atoms with Crippen molar-refractivity contribution >= 4 is 18.0 Å². The van der Waals surface area contributed by atoms with Crippen LogP contribution >= 0.6 is 0 Å². The molecule has 1 saturated carbocycles. The maximum atomic E-state index is 12.8. The van der Waals surface area contributed by atoms with Gasteiger partial charge in [-0.15, -0.1) is 0 Å². The van der Waals surface area contributed by atoms with Gasteiger partial charge in [0.05, 0.1) is 5.41 Å². The van der Waals surface area contributed by atoms with Gasteiger partial charge in [-0.25, -0.2) is 9.59 Å². The third kappa shape index (κ3) is 4.92. The van der Waals surface area contributed by atoms with E-state index < -0.39 is 17.5 Å². The number of nitrogens with one attached hydrogen (secondary N) is 2. The summed E-state index contributed by atoms with van der Waals surface area (Å²) in [7, 11) is 0. The molecule has 0 spiro atoms. The highest BCUT2D eigenvalue weighted by molar-refractivity contribution is 5.84. The van der Waals surface area contributed by atoms with Crippen LogP contribution in [0.1, 0.15) is 42.7 Å². The highest BCUT2D eigenvalue weighted by Crippen LogP contribution is 2.44. The zero-order valence-electron chi connectivity index (χ0n) is 18.4. The molecule has 3 N–H and O–H groups in total. The Morgan fingerprint density at radius 3 is 2.18 bits per heavy atom.